The molecule has 0 saturated carbocycles. The van der Waals surface area contributed by atoms with E-state index in [9.17, 15) is 25.1 Å². The Morgan fingerprint density at radius 1 is 0.800 bits per heavy atom. The molecular weight excluding hydrogens is 961 g/mol. The molecule has 3 amide bonds. The number of benzene rings is 6. The van der Waals surface area contributed by atoms with Gasteiger partial charge in [-0.1, -0.05) is 84.6 Å². The molecule has 0 unspecified atom stereocenters. The van der Waals surface area contributed by atoms with E-state index >= 15 is 14.4 Å². The van der Waals surface area contributed by atoms with Crippen LogP contribution in [-0.4, -0.2) is 95.4 Å². The van der Waals surface area contributed by atoms with Gasteiger partial charge in [-0.2, -0.15) is 0 Å². The van der Waals surface area contributed by atoms with Crippen LogP contribution in [0.1, 0.15) is 69.1 Å². The van der Waals surface area contributed by atoms with Crippen LogP contribution in [0.2, 0.25) is 0 Å². The zero-order chi connectivity index (χ0) is 52.4. The molecule has 4 aliphatic rings. The van der Waals surface area contributed by atoms with Crippen molar-refractivity contribution in [2.75, 3.05) is 45.5 Å². The Bertz CT molecular complexity index is 3220. The van der Waals surface area contributed by atoms with Crippen LogP contribution < -0.4 is 19.1 Å². The molecule has 0 bridgehead atoms. The van der Waals surface area contributed by atoms with E-state index in [4.69, 9.17) is 23.7 Å². The molecule has 6 aromatic rings. The Hall–Kier alpha value is -8.56. The molecule has 17 nitrogen and oxygen atoms in total. The number of ether oxygens (including phenoxy) is 5. The number of esters is 1. The standard InChI is InChI=1S/C58H52N4O13/c1-71-47-32-41-26-27-59(34-42(41)33-48(47)72-2)54(65)49-51-55(66)75-52(39-14-7-4-8-15-39)50(38-12-5-3-6-13-38)61(51)53(40-19-23-44(24-20-40)73-30-29-64)58(49)45-31-36(11-9-10-28-63)18-25-46(45)60(56(58)67)57(68)74-35-37-16-21-43(22-17-37)62(69)70/h3-8,12-25,31-33,49-53,63-64H,10,26-30,34-35H2,1-2H3/t49-,50-,51-,52+,53+,58-/m1/s1. The number of cyclic esters (lactones) is 1. The topological polar surface area (TPSA) is 208 Å². The number of nitrogens with zero attached hydrogens (tertiary/aromatic N) is 4. The Balaban J connectivity index is 1.23. The predicted octanol–water partition coefficient (Wildman–Crippen LogP) is 7.30. The highest BCUT2D eigenvalue weighted by Crippen LogP contribution is 2.66. The van der Waals surface area contributed by atoms with Crippen LogP contribution in [0, 0.1) is 27.9 Å². The highest BCUT2D eigenvalue weighted by molar-refractivity contribution is 6.23. The maximum absolute atomic E-state index is 16.8. The van der Waals surface area contributed by atoms with Crippen LogP contribution in [0.3, 0.4) is 0 Å². The number of morpholine rings is 1. The summed E-state index contributed by atoms with van der Waals surface area (Å²) >= 11 is 0. The summed E-state index contributed by atoms with van der Waals surface area (Å²) in [5.74, 6) is 3.65. The van der Waals surface area contributed by atoms with Crippen LogP contribution in [0.25, 0.3) is 0 Å². The lowest BCUT2D eigenvalue weighted by Gasteiger charge is -2.46. The van der Waals surface area contributed by atoms with E-state index in [2.05, 4.69) is 11.8 Å². The minimum Gasteiger partial charge on any atom is -0.493 e. The Morgan fingerprint density at radius 2 is 1.48 bits per heavy atom. The third kappa shape index (κ3) is 8.96. The Morgan fingerprint density at radius 3 is 2.13 bits per heavy atom. The van der Waals surface area contributed by atoms with Gasteiger partial charge in [0.25, 0.3) is 5.69 Å². The zero-order valence-corrected chi connectivity index (χ0v) is 41.0. The van der Waals surface area contributed by atoms with Crippen LogP contribution in [-0.2, 0) is 48.8 Å². The maximum atomic E-state index is 16.8. The molecule has 10 rings (SSSR count). The summed E-state index contributed by atoms with van der Waals surface area (Å²) in [4.78, 5) is 79.3. The van der Waals surface area contributed by atoms with Gasteiger partial charge in [0, 0.05) is 37.2 Å². The van der Waals surface area contributed by atoms with Gasteiger partial charge in [-0.25, -0.2) is 9.69 Å². The van der Waals surface area contributed by atoms with Gasteiger partial charge in [0.05, 0.1) is 56.0 Å². The molecule has 4 heterocycles. The summed E-state index contributed by atoms with van der Waals surface area (Å²) in [5, 5.41) is 30.9. The number of carbonyl (C=O) groups is 4. The SMILES string of the molecule is COc1cc2c(cc1OC)CN(C(=O)[C@H]1[C@@H]3C(=O)O[C@@H](c4ccccc4)[C@@H](c4ccccc4)N3[C@@H](c3ccc(OCCO)cc3)[C@]13C(=O)N(C(=O)OCc1ccc([N+](=O)[O-])cc1)c1ccc(C#CCCO)cc13)CC2. The van der Waals surface area contributed by atoms with Gasteiger partial charge >= 0.3 is 12.1 Å². The average molecular weight is 1010 g/mol. The smallest absolute Gasteiger partial charge is 0.421 e. The lowest BCUT2D eigenvalue weighted by Crippen LogP contribution is -2.57. The number of hydrogen-bond donors (Lipinski definition) is 2. The van der Waals surface area contributed by atoms with E-state index in [1.165, 1.54) is 31.4 Å². The first kappa shape index (κ1) is 50.0. The summed E-state index contributed by atoms with van der Waals surface area (Å²) in [5.41, 5.74) is 2.32. The van der Waals surface area contributed by atoms with E-state index in [0.29, 0.717) is 51.5 Å². The van der Waals surface area contributed by atoms with Crippen LogP contribution >= 0.6 is 0 Å². The molecule has 0 aromatic heterocycles. The van der Waals surface area contributed by atoms with Crippen molar-refractivity contribution >= 4 is 35.3 Å². The van der Waals surface area contributed by atoms with Gasteiger partial charge in [-0.3, -0.25) is 29.4 Å². The van der Waals surface area contributed by atoms with Gasteiger partial charge in [-0.05, 0) is 100.0 Å². The molecule has 2 N–H and O–H groups in total. The fourth-order valence-electron chi connectivity index (χ4n) is 11.3. The number of nitro groups is 1. The number of fused-ring (bicyclic) bond motifs is 4. The largest absolute Gasteiger partial charge is 0.493 e. The third-order valence-corrected chi connectivity index (χ3v) is 14.5. The molecule has 382 valence electrons. The highest BCUT2D eigenvalue weighted by Gasteiger charge is 2.76. The zero-order valence-electron chi connectivity index (χ0n) is 41.0. The molecule has 6 aromatic carbocycles. The van der Waals surface area contributed by atoms with Crippen LogP contribution in [0.15, 0.2) is 140 Å². The fraction of sp³-hybridized carbons (Fsp3) is 0.276. The van der Waals surface area contributed by atoms with E-state index in [1.807, 2.05) is 77.7 Å². The number of nitro benzene ring substituents is 1. The first-order chi connectivity index (χ1) is 36.5. The molecule has 2 saturated heterocycles. The number of methoxy groups -OCH3 is 2. The Kier molecular flexibility index (Phi) is 14.1. The number of non-ortho nitro benzene ring substituents is 1. The van der Waals surface area contributed by atoms with Crippen molar-refractivity contribution < 1.29 is 58.0 Å². The summed E-state index contributed by atoms with van der Waals surface area (Å²) in [6, 6.07) is 36.0. The van der Waals surface area contributed by atoms with Crippen molar-refractivity contribution in [3.05, 3.63) is 194 Å². The van der Waals surface area contributed by atoms with E-state index < -0.39 is 64.4 Å². The monoisotopic (exact) mass is 1010 g/mol. The van der Waals surface area contributed by atoms with Gasteiger partial charge in [0.2, 0.25) is 11.8 Å². The van der Waals surface area contributed by atoms with Gasteiger partial charge in [0.15, 0.2) is 11.5 Å². The van der Waals surface area contributed by atoms with E-state index in [-0.39, 0.29) is 62.9 Å². The number of aliphatic hydroxyl groups excluding tert-OH is 2. The van der Waals surface area contributed by atoms with Gasteiger partial charge in [0.1, 0.15) is 36.5 Å². The number of amides is 3. The second-order valence-electron chi connectivity index (χ2n) is 18.5. The molecular formula is C58H52N4O13. The molecule has 1 spiro atoms. The minimum atomic E-state index is -2.14. The number of hydrogen-bond acceptors (Lipinski definition) is 14. The van der Waals surface area contributed by atoms with E-state index in [0.717, 1.165) is 16.0 Å². The van der Waals surface area contributed by atoms with Crippen LogP contribution in [0.4, 0.5) is 16.2 Å². The third-order valence-electron chi connectivity index (χ3n) is 14.5. The molecule has 17 heteroatoms. The molecule has 75 heavy (non-hydrogen) atoms. The van der Waals surface area contributed by atoms with E-state index in [1.54, 1.807) is 54.5 Å². The Labute approximate surface area is 431 Å². The second kappa shape index (κ2) is 21.1. The molecule has 0 aliphatic carbocycles. The number of carbonyl (C=O) groups excluding carboxylic acids is 4. The van der Waals surface area contributed by atoms with Gasteiger partial charge < -0.3 is 38.8 Å². The first-order valence-electron chi connectivity index (χ1n) is 24.4. The highest BCUT2D eigenvalue weighted by atomic mass is 16.6. The number of anilines is 1. The first-order valence-corrected chi connectivity index (χ1v) is 24.4. The van der Waals surface area contributed by atoms with Crippen molar-refractivity contribution in [3.63, 3.8) is 0 Å². The minimum absolute atomic E-state index is 0.00131. The number of aliphatic hydroxyl groups is 2. The van der Waals surface area contributed by atoms with Gasteiger partial charge in [-0.15, -0.1) is 0 Å². The lowest BCUT2D eigenvalue weighted by atomic mass is 9.64. The molecule has 0 radical (unpaired) electrons. The number of imide groups is 1. The maximum Gasteiger partial charge on any atom is 0.421 e. The summed E-state index contributed by atoms with van der Waals surface area (Å²) < 4.78 is 29.7. The van der Waals surface area contributed by atoms with Crippen molar-refractivity contribution in [3.8, 4) is 29.1 Å². The average Bonchev–Trinajstić information content (AvgIpc) is 4.11. The van der Waals surface area contributed by atoms with Crippen molar-refractivity contribution in [2.24, 2.45) is 5.92 Å². The molecule has 6 atom stereocenters. The normalized spacial score (nSPS) is 21.5. The quantitative estimate of drug-likeness (QED) is 0.0504. The van der Waals surface area contributed by atoms with Crippen LogP contribution in [0.5, 0.6) is 17.2 Å². The van der Waals surface area contributed by atoms with Crippen molar-refractivity contribution in [1.29, 1.82) is 0 Å². The predicted molar refractivity (Wildman–Crippen MR) is 271 cm³/mol. The fourth-order valence-corrected chi connectivity index (χ4v) is 11.3. The summed E-state index contributed by atoms with van der Waals surface area (Å²) in [6.45, 7) is -0.606. The molecule has 2 fully saturated rings. The number of rotatable bonds is 13. The lowest BCUT2D eigenvalue weighted by molar-refractivity contribution is -0.384. The summed E-state index contributed by atoms with van der Waals surface area (Å²) in [6.07, 6.45) is -1.56. The van der Waals surface area contributed by atoms with Crippen molar-refractivity contribution in [1.82, 2.24) is 9.80 Å². The summed E-state index contributed by atoms with van der Waals surface area (Å²) in [7, 11) is 3.07. The van der Waals surface area contributed by atoms with Crippen molar-refractivity contribution in [2.45, 2.75) is 55.6 Å². The molecule has 4 aliphatic heterocycles. The second-order valence-corrected chi connectivity index (χ2v) is 18.5.